The first-order chi connectivity index (χ1) is 5.24. The zero-order chi connectivity index (χ0) is 8.27. The molecule has 0 radical (unpaired) electrons. The summed E-state index contributed by atoms with van der Waals surface area (Å²) in [5.74, 6) is 0. The Kier molecular flexibility index (Phi) is 3.17. The fourth-order valence-electron chi connectivity index (χ4n) is 0.868. The van der Waals surface area contributed by atoms with E-state index in [9.17, 15) is 0 Å². The number of hydrogen-bond acceptors (Lipinski definition) is 1. The van der Waals surface area contributed by atoms with Crippen molar-refractivity contribution in [3.05, 3.63) is 29.8 Å². The van der Waals surface area contributed by atoms with Crippen LogP contribution in [0.5, 0.6) is 0 Å². The lowest BCUT2D eigenvalue weighted by molar-refractivity contribution is 1.11. The normalized spacial score (nSPS) is 9.73. The van der Waals surface area contributed by atoms with E-state index < -0.39 is 0 Å². The summed E-state index contributed by atoms with van der Waals surface area (Å²) in [5.41, 5.74) is 2.60. The molecule has 0 aromatic heterocycles. The molecule has 0 bridgehead atoms. The molecular weight excluding hydrogens is 249 g/mol. The summed E-state index contributed by atoms with van der Waals surface area (Å²) in [6.07, 6.45) is 0. The lowest BCUT2D eigenvalue weighted by Gasteiger charge is -2.15. The molecule has 0 spiro atoms. The minimum Gasteiger partial charge on any atom is -0.365 e. The molecule has 0 amide bonds. The molecule has 2 heteroatoms. The second-order valence-corrected chi connectivity index (χ2v) is 3.34. The van der Waals surface area contributed by atoms with Gasteiger partial charge in [0.05, 0.1) is 4.55 Å². The van der Waals surface area contributed by atoms with Crippen LogP contribution in [-0.4, -0.2) is 11.6 Å². The van der Waals surface area contributed by atoms with Crippen molar-refractivity contribution in [3.8, 4) is 0 Å². The Balaban J connectivity index is 2.81. The number of nitrogens with zero attached hydrogens (tertiary/aromatic N) is 1. The molecule has 0 fully saturated rings. The SMILES string of the molecule is Cc1ccc(N(C)CI)cc1. The Morgan fingerprint density at radius 2 is 1.82 bits per heavy atom. The van der Waals surface area contributed by atoms with Gasteiger partial charge in [-0.1, -0.05) is 40.3 Å². The van der Waals surface area contributed by atoms with Crippen molar-refractivity contribution in [2.75, 3.05) is 16.5 Å². The van der Waals surface area contributed by atoms with Crippen molar-refractivity contribution in [3.63, 3.8) is 0 Å². The molecule has 0 N–H and O–H groups in total. The highest BCUT2D eigenvalue weighted by Crippen LogP contribution is 2.13. The average molecular weight is 261 g/mol. The van der Waals surface area contributed by atoms with E-state index in [0.717, 1.165) is 4.55 Å². The first kappa shape index (κ1) is 8.84. The predicted octanol–water partition coefficient (Wildman–Crippen LogP) is 2.82. The maximum Gasteiger partial charge on any atom is 0.0696 e. The van der Waals surface area contributed by atoms with Crippen LogP contribution in [-0.2, 0) is 0 Å². The van der Waals surface area contributed by atoms with Crippen molar-refractivity contribution >= 4 is 28.3 Å². The third kappa shape index (κ3) is 2.36. The van der Waals surface area contributed by atoms with E-state index in [1.165, 1.54) is 11.3 Å². The second-order valence-electron chi connectivity index (χ2n) is 2.65. The molecule has 0 saturated heterocycles. The molecule has 60 valence electrons. The van der Waals surface area contributed by atoms with Gasteiger partial charge in [0.1, 0.15) is 0 Å². The van der Waals surface area contributed by atoms with E-state index in [-0.39, 0.29) is 0 Å². The number of alkyl halides is 1. The summed E-state index contributed by atoms with van der Waals surface area (Å²) in [5, 5.41) is 0. The van der Waals surface area contributed by atoms with Gasteiger partial charge in [0.15, 0.2) is 0 Å². The number of aryl methyl sites for hydroxylation is 1. The van der Waals surface area contributed by atoms with Gasteiger partial charge in [0, 0.05) is 12.7 Å². The van der Waals surface area contributed by atoms with Crippen LogP contribution < -0.4 is 4.90 Å². The van der Waals surface area contributed by atoms with Gasteiger partial charge in [-0.25, -0.2) is 0 Å². The van der Waals surface area contributed by atoms with Crippen LogP contribution in [0.2, 0.25) is 0 Å². The van der Waals surface area contributed by atoms with Crippen LogP contribution >= 0.6 is 22.6 Å². The number of hydrogen-bond donors (Lipinski definition) is 0. The molecule has 1 rings (SSSR count). The Labute approximate surface area is 81.5 Å². The van der Waals surface area contributed by atoms with E-state index in [0.29, 0.717) is 0 Å². The number of rotatable bonds is 2. The molecular formula is C9H12IN. The molecule has 1 nitrogen and oxygen atoms in total. The smallest absolute Gasteiger partial charge is 0.0696 e. The largest absolute Gasteiger partial charge is 0.365 e. The first-order valence-corrected chi connectivity index (χ1v) is 5.10. The Bertz CT molecular complexity index is 218. The molecule has 0 heterocycles. The summed E-state index contributed by atoms with van der Waals surface area (Å²) in [4.78, 5) is 2.21. The summed E-state index contributed by atoms with van der Waals surface area (Å²) in [7, 11) is 2.09. The molecule has 0 atom stereocenters. The molecule has 1 aromatic carbocycles. The number of benzene rings is 1. The molecule has 0 unspecified atom stereocenters. The van der Waals surface area contributed by atoms with Crippen LogP contribution in [0.4, 0.5) is 5.69 Å². The van der Waals surface area contributed by atoms with E-state index in [1.54, 1.807) is 0 Å². The Morgan fingerprint density at radius 3 is 2.27 bits per heavy atom. The first-order valence-electron chi connectivity index (χ1n) is 3.58. The third-order valence-electron chi connectivity index (χ3n) is 1.65. The zero-order valence-corrected chi connectivity index (χ0v) is 9.00. The number of halogens is 1. The van der Waals surface area contributed by atoms with Gasteiger partial charge in [-0.05, 0) is 19.1 Å². The molecule has 11 heavy (non-hydrogen) atoms. The topological polar surface area (TPSA) is 3.24 Å². The lowest BCUT2D eigenvalue weighted by Crippen LogP contribution is -2.13. The van der Waals surface area contributed by atoms with Gasteiger partial charge in [-0.2, -0.15) is 0 Å². The standard InChI is InChI=1S/C9H12IN/c1-8-3-5-9(6-4-8)11(2)7-10/h3-6H,7H2,1-2H3. The second kappa shape index (κ2) is 3.95. The van der Waals surface area contributed by atoms with Crippen molar-refractivity contribution in [2.45, 2.75) is 6.92 Å². The van der Waals surface area contributed by atoms with Crippen molar-refractivity contribution in [1.29, 1.82) is 0 Å². The van der Waals surface area contributed by atoms with Gasteiger partial charge in [-0.3, -0.25) is 0 Å². The van der Waals surface area contributed by atoms with Crippen LogP contribution in [0, 0.1) is 6.92 Å². The van der Waals surface area contributed by atoms with Gasteiger partial charge in [-0.15, -0.1) is 0 Å². The summed E-state index contributed by atoms with van der Waals surface area (Å²) >= 11 is 2.35. The van der Waals surface area contributed by atoms with Gasteiger partial charge >= 0.3 is 0 Å². The molecule has 0 aliphatic carbocycles. The Hall–Kier alpha value is -0.250. The zero-order valence-electron chi connectivity index (χ0n) is 6.84. The molecule has 0 aliphatic heterocycles. The van der Waals surface area contributed by atoms with Crippen LogP contribution in [0.15, 0.2) is 24.3 Å². The van der Waals surface area contributed by atoms with E-state index in [1.807, 2.05) is 0 Å². The maximum absolute atomic E-state index is 2.35. The van der Waals surface area contributed by atoms with Gasteiger partial charge in [0.25, 0.3) is 0 Å². The summed E-state index contributed by atoms with van der Waals surface area (Å²) in [6, 6.07) is 8.57. The van der Waals surface area contributed by atoms with Crippen LogP contribution in [0.1, 0.15) is 5.56 Å². The molecule has 0 saturated carbocycles. The highest BCUT2D eigenvalue weighted by Gasteiger charge is 1.95. The molecule has 0 aliphatic rings. The monoisotopic (exact) mass is 261 g/mol. The lowest BCUT2D eigenvalue weighted by atomic mass is 10.2. The molecule has 1 aromatic rings. The van der Waals surface area contributed by atoms with Crippen LogP contribution in [0.25, 0.3) is 0 Å². The predicted molar refractivity (Wildman–Crippen MR) is 58.5 cm³/mol. The summed E-state index contributed by atoms with van der Waals surface area (Å²) in [6.45, 7) is 2.10. The van der Waals surface area contributed by atoms with Crippen LogP contribution in [0.3, 0.4) is 0 Å². The fraction of sp³-hybridized carbons (Fsp3) is 0.333. The quantitative estimate of drug-likeness (QED) is 0.449. The Morgan fingerprint density at radius 1 is 1.27 bits per heavy atom. The minimum atomic E-state index is 1.03. The van der Waals surface area contributed by atoms with Crippen molar-refractivity contribution in [2.24, 2.45) is 0 Å². The highest BCUT2D eigenvalue weighted by atomic mass is 127. The van der Waals surface area contributed by atoms with Crippen molar-refractivity contribution in [1.82, 2.24) is 0 Å². The minimum absolute atomic E-state index is 1.03. The number of anilines is 1. The third-order valence-corrected chi connectivity index (χ3v) is 2.68. The maximum atomic E-state index is 2.35. The average Bonchev–Trinajstić information content (AvgIpc) is 2.05. The van der Waals surface area contributed by atoms with Gasteiger partial charge in [0.2, 0.25) is 0 Å². The fourth-order valence-corrected chi connectivity index (χ4v) is 1.26. The van der Waals surface area contributed by atoms with Crippen molar-refractivity contribution < 1.29 is 0 Å². The van der Waals surface area contributed by atoms with Gasteiger partial charge < -0.3 is 4.90 Å². The van der Waals surface area contributed by atoms with E-state index >= 15 is 0 Å². The highest BCUT2D eigenvalue weighted by molar-refractivity contribution is 14.1. The summed E-state index contributed by atoms with van der Waals surface area (Å²) < 4.78 is 1.03. The van der Waals surface area contributed by atoms with E-state index in [2.05, 4.69) is 65.7 Å². The van der Waals surface area contributed by atoms with E-state index in [4.69, 9.17) is 0 Å².